The van der Waals surface area contributed by atoms with E-state index in [2.05, 4.69) is 20.7 Å². The van der Waals surface area contributed by atoms with Crippen molar-refractivity contribution in [2.24, 2.45) is 0 Å². The number of ether oxygens (including phenoxy) is 1. The van der Waals surface area contributed by atoms with Crippen LogP contribution >= 0.6 is 15.9 Å². The van der Waals surface area contributed by atoms with Gasteiger partial charge in [-0.25, -0.2) is 4.79 Å². The predicted molar refractivity (Wildman–Crippen MR) is 66.2 cm³/mol. The molecule has 0 radical (unpaired) electrons. The second-order valence-corrected chi connectivity index (χ2v) is 4.43. The van der Waals surface area contributed by atoms with Crippen LogP contribution in [0.2, 0.25) is 0 Å². The summed E-state index contributed by atoms with van der Waals surface area (Å²) in [6.45, 7) is 5.06. The third kappa shape index (κ3) is 2.66. The molecule has 0 saturated heterocycles. The Morgan fingerprint density at radius 2 is 2.00 bits per heavy atom. The molecule has 1 aromatic carbocycles. The van der Waals surface area contributed by atoms with Crippen molar-refractivity contribution < 1.29 is 19.4 Å². The van der Waals surface area contributed by atoms with Gasteiger partial charge in [-0.05, 0) is 32.4 Å². The molecule has 17 heavy (non-hydrogen) atoms. The maximum atomic E-state index is 11.8. The Labute approximate surface area is 108 Å². The zero-order valence-electron chi connectivity index (χ0n) is 9.83. The number of aryl methyl sites for hydroxylation is 1. The van der Waals surface area contributed by atoms with Crippen molar-refractivity contribution in [1.29, 1.82) is 0 Å². The van der Waals surface area contributed by atoms with Gasteiger partial charge in [0.2, 0.25) is 0 Å². The minimum atomic E-state index is -0.917. The van der Waals surface area contributed by atoms with Gasteiger partial charge >= 0.3 is 5.97 Å². The number of Topliss-reactive ketones (excluding diaryl/α,β-unsaturated/α-hetero) is 1. The molecular weight excluding hydrogens is 288 g/mol. The molecule has 1 aromatic rings. The van der Waals surface area contributed by atoms with Crippen LogP contribution in [-0.2, 0) is 9.53 Å². The lowest BCUT2D eigenvalue weighted by Gasteiger charge is -2.11. The van der Waals surface area contributed by atoms with Crippen LogP contribution in [0.25, 0.3) is 0 Å². The third-order valence-corrected chi connectivity index (χ3v) is 3.00. The van der Waals surface area contributed by atoms with Crippen LogP contribution in [0.5, 0.6) is 5.75 Å². The summed E-state index contributed by atoms with van der Waals surface area (Å²) in [6, 6.07) is 1.59. The average Bonchev–Trinajstić information content (AvgIpc) is 2.26. The molecule has 0 aromatic heterocycles. The summed E-state index contributed by atoms with van der Waals surface area (Å²) in [5.41, 5.74) is 1.15. The highest BCUT2D eigenvalue weighted by molar-refractivity contribution is 9.10. The Kier molecular flexibility index (Phi) is 4.28. The van der Waals surface area contributed by atoms with Gasteiger partial charge in [-0.1, -0.05) is 15.9 Å². The summed E-state index contributed by atoms with van der Waals surface area (Å²) in [5.74, 6) is -1.66. The number of carbonyl (C=O) groups excluding carboxylic acids is 2. The van der Waals surface area contributed by atoms with Gasteiger partial charge in [-0.3, -0.25) is 4.79 Å². The van der Waals surface area contributed by atoms with Crippen molar-refractivity contribution >= 4 is 27.7 Å². The molecule has 0 aliphatic carbocycles. The molecule has 0 aliphatic heterocycles. The lowest BCUT2D eigenvalue weighted by molar-refractivity contribution is -0.137. The number of hydrogen-bond donors (Lipinski definition) is 1. The number of ketones is 1. The lowest BCUT2D eigenvalue weighted by Crippen LogP contribution is -2.19. The Morgan fingerprint density at radius 1 is 1.41 bits per heavy atom. The molecule has 0 saturated carbocycles. The van der Waals surface area contributed by atoms with E-state index in [0.29, 0.717) is 15.6 Å². The molecule has 0 heterocycles. The molecule has 0 bridgehead atoms. The maximum absolute atomic E-state index is 11.8. The summed E-state index contributed by atoms with van der Waals surface area (Å²) in [6.07, 6.45) is 0. The fraction of sp³-hybridized carbons (Fsp3) is 0.333. The van der Waals surface area contributed by atoms with Crippen molar-refractivity contribution in [3.63, 3.8) is 0 Å². The Morgan fingerprint density at radius 3 is 2.53 bits per heavy atom. The van der Waals surface area contributed by atoms with Gasteiger partial charge in [0.1, 0.15) is 5.75 Å². The summed E-state index contributed by atoms with van der Waals surface area (Å²) >= 11 is 3.21. The van der Waals surface area contributed by atoms with Crippen molar-refractivity contribution in [2.45, 2.75) is 20.8 Å². The standard InChI is InChI=1S/C12H13BrO4/c1-4-17-12(16)11(15)9-7(3)10(14)6(2)5-8(9)13/h5,14H,4H2,1-3H3. The van der Waals surface area contributed by atoms with E-state index in [9.17, 15) is 14.7 Å². The first kappa shape index (κ1) is 13.7. The molecule has 4 nitrogen and oxygen atoms in total. The first-order valence-electron chi connectivity index (χ1n) is 5.10. The van der Waals surface area contributed by atoms with Crippen molar-refractivity contribution in [3.05, 3.63) is 27.2 Å². The summed E-state index contributed by atoms with van der Waals surface area (Å²) in [7, 11) is 0. The van der Waals surface area contributed by atoms with Crippen molar-refractivity contribution in [2.75, 3.05) is 6.61 Å². The second-order valence-electron chi connectivity index (χ2n) is 3.57. The van der Waals surface area contributed by atoms with E-state index in [1.807, 2.05) is 0 Å². The van der Waals surface area contributed by atoms with Gasteiger partial charge in [0.05, 0.1) is 12.2 Å². The van der Waals surface area contributed by atoms with Crippen LogP contribution in [0, 0.1) is 13.8 Å². The van der Waals surface area contributed by atoms with Crippen molar-refractivity contribution in [1.82, 2.24) is 0 Å². The monoisotopic (exact) mass is 300 g/mol. The first-order chi connectivity index (χ1) is 7.90. The topological polar surface area (TPSA) is 63.6 Å². The van der Waals surface area contributed by atoms with Gasteiger partial charge in [0, 0.05) is 10.0 Å². The fourth-order valence-electron chi connectivity index (χ4n) is 1.50. The molecular formula is C12H13BrO4. The smallest absolute Gasteiger partial charge is 0.379 e. The third-order valence-electron chi connectivity index (χ3n) is 2.37. The Hall–Kier alpha value is -1.36. The highest BCUT2D eigenvalue weighted by Crippen LogP contribution is 2.31. The molecule has 1 rings (SSSR count). The Balaban J connectivity index is 3.28. The van der Waals surface area contributed by atoms with Gasteiger partial charge in [0.25, 0.3) is 5.78 Å². The highest BCUT2D eigenvalue weighted by Gasteiger charge is 2.24. The number of phenolic OH excluding ortho intramolecular Hbond substituents is 1. The predicted octanol–water partition coefficient (Wildman–Crippen LogP) is 2.52. The number of carbonyl (C=O) groups is 2. The summed E-state index contributed by atoms with van der Waals surface area (Å²) in [5, 5.41) is 9.75. The molecule has 0 amide bonds. The number of rotatable bonds is 3. The van der Waals surface area contributed by atoms with E-state index in [4.69, 9.17) is 0 Å². The van der Waals surface area contributed by atoms with Crippen LogP contribution in [0.15, 0.2) is 10.5 Å². The van der Waals surface area contributed by atoms with Crippen LogP contribution in [-0.4, -0.2) is 23.5 Å². The van der Waals surface area contributed by atoms with Crippen LogP contribution < -0.4 is 0 Å². The molecule has 0 aliphatic rings. The summed E-state index contributed by atoms with van der Waals surface area (Å²) < 4.78 is 5.12. The van der Waals surface area contributed by atoms with Crippen molar-refractivity contribution in [3.8, 4) is 5.75 Å². The number of esters is 1. The number of aromatic hydroxyl groups is 1. The first-order valence-corrected chi connectivity index (χ1v) is 5.89. The molecule has 0 spiro atoms. The van der Waals surface area contributed by atoms with Crippen LogP contribution in [0.4, 0.5) is 0 Å². The minimum Gasteiger partial charge on any atom is -0.507 e. The second kappa shape index (κ2) is 5.31. The molecule has 5 heteroatoms. The normalized spacial score (nSPS) is 10.1. The van der Waals surface area contributed by atoms with E-state index >= 15 is 0 Å². The minimum absolute atomic E-state index is 0.0147. The highest BCUT2D eigenvalue weighted by atomic mass is 79.9. The lowest BCUT2D eigenvalue weighted by atomic mass is 10.0. The number of hydrogen-bond acceptors (Lipinski definition) is 4. The quantitative estimate of drug-likeness (QED) is 0.529. The average molecular weight is 301 g/mol. The van der Waals surface area contributed by atoms with Gasteiger partial charge in [-0.15, -0.1) is 0 Å². The van der Waals surface area contributed by atoms with E-state index in [1.165, 1.54) is 0 Å². The van der Waals surface area contributed by atoms with Crippen LogP contribution in [0.3, 0.4) is 0 Å². The van der Waals surface area contributed by atoms with E-state index < -0.39 is 11.8 Å². The largest absolute Gasteiger partial charge is 0.507 e. The van der Waals surface area contributed by atoms with Gasteiger partial charge in [-0.2, -0.15) is 0 Å². The number of benzene rings is 1. The zero-order chi connectivity index (χ0) is 13.2. The van der Waals surface area contributed by atoms with Gasteiger partial charge in [0.15, 0.2) is 0 Å². The summed E-state index contributed by atoms with van der Waals surface area (Å²) in [4.78, 5) is 23.2. The zero-order valence-corrected chi connectivity index (χ0v) is 11.4. The van der Waals surface area contributed by atoms with E-state index in [-0.39, 0.29) is 17.9 Å². The molecule has 1 N–H and O–H groups in total. The molecule has 0 unspecified atom stereocenters. The number of phenols is 1. The van der Waals surface area contributed by atoms with Crippen LogP contribution in [0.1, 0.15) is 28.4 Å². The maximum Gasteiger partial charge on any atom is 0.379 e. The van der Waals surface area contributed by atoms with E-state index in [1.54, 1.807) is 26.8 Å². The number of halogens is 1. The SMILES string of the molecule is CCOC(=O)C(=O)c1c(Br)cc(C)c(O)c1C. The Bertz CT molecular complexity index is 480. The molecule has 92 valence electrons. The molecule has 0 atom stereocenters. The van der Waals surface area contributed by atoms with Gasteiger partial charge < -0.3 is 9.84 Å². The molecule has 0 fully saturated rings. The fourth-order valence-corrected chi connectivity index (χ4v) is 2.32. The van der Waals surface area contributed by atoms with E-state index in [0.717, 1.165) is 0 Å².